The molecule has 0 aliphatic carbocycles. The fraction of sp³-hybridized carbons (Fsp3) is 0.529. The zero-order chi connectivity index (χ0) is 15.9. The molecule has 1 amide bonds. The number of carbonyl (C=O) groups is 2. The number of hydrogen-bond acceptors (Lipinski definition) is 3. The van der Waals surface area contributed by atoms with Crippen LogP contribution in [-0.4, -0.2) is 31.3 Å². The summed E-state index contributed by atoms with van der Waals surface area (Å²) in [5, 5.41) is 6.20. The van der Waals surface area contributed by atoms with E-state index < -0.39 is 11.7 Å². The van der Waals surface area contributed by atoms with Gasteiger partial charge in [-0.2, -0.15) is 0 Å². The fourth-order valence-corrected chi connectivity index (χ4v) is 2.73. The predicted octanol–water partition coefficient (Wildman–Crippen LogP) is 2.15. The van der Waals surface area contributed by atoms with E-state index in [1.807, 2.05) is 0 Å². The monoisotopic (exact) mass is 306 g/mol. The van der Waals surface area contributed by atoms with Gasteiger partial charge in [0.1, 0.15) is 5.82 Å². The molecular formula is C17H23FN2O2. The summed E-state index contributed by atoms with van der Waals surface area (Å²) in [7, 11) is 0. The van der Waals surface area contributed by atoms with Crippen molar-refractivity contribution in [2.24, 2.45) is 11.8 Å². The number of carbonyl (C=O) groups excluding carboxylic acids is 2. The van der Waals surface area contributed by atoms with Gasteiger partial charge in [-0.1, -0.05) is 19.1 Å². The van der Waals surface area contributed by atoms with Crippen molar-refractivity contribution in [2.45, 2.75) is 26.2 Å². The van der Waals surface area contributed by atoms with E-state index in [0.717, 1.165) is 25.9 Å². The van der Waals surface area contributed by atoms with Crippen molar-refractivity contribution >= 4 is 11.7 Å². The molecule has 4 nitrogen and oxygen atoms in total. The standard InChI is InChI=1S/C17H23FN2O2/c1-12(17(22)14-5-2-6-15(18)9-14)8-16(21)20-11-13-4-3-7-19-10-13/h2,5-6,9,12-13,19H,3-4,7-8,10-11H2,1H3,(H,20,21). The molecule has 0 radical (unpaired) electrons. The highest BCUT2D eigenvalue weighted by Crippen LogP contribution is 2.14. The molecule has 1 saturated heterocycles. The molecule has 1 heterocycles. The Morgan fingerprint density at radius 2 is 2.27 bits per heavy atom. The van der Waals surface area contributed by atoms with Gasteiger partial charge in [0.05, 0.1) is 0 Å². The van der Waals surface area contributed by atoms with Crippen molar-refractivity contribution in [1.29, 1.82) is 0 Å². The van der Waals surface area contributed by atoms with Crippen LogP contribution in [0.2, 0.25) is 0 Å². The van der Waals surface area contributed by atoms with E-state index in [1.54, 1.807) is 13.0 Å². The van der Waals surface area contributed by atoms with Crippen molar-refractivity contribution in [3.05, 3.63) is 35.6 Å². The van der Waals surface area contributed by atoms with Gasteiger partial charge in [-0.05, 0) is 44.0 Å². The van der Waals surface area contributed by atoms with Crippen LogP contribution in [0.5, 0.6) is 0 Å². The summed E-state index contributed by atoms with van der Waals surface area (Å²) < 4.78 is 13.1. The number of Topliss-reactive ketones (excluding diaryl/α,β-unsaturated/α-hetero) is 1. The number of halogens is 1. The van der Waals surface area contributed by atoms with Crippen LogP contribution in [0.3, 0.4) is 0 Å². The van der Waals surface area contributed by atoms with Gasteiger partial charge in [0.15, 0.2) is 5.78 Å². The van der Waals surface area contributed by atoms with Gasteiger partial charge in [-0.15, -0.1) is 0 Å². The SMILES string of the molecule is CC(CC(=O)NCC1CCCNC1)C(=O)c1cccc(F)c1. The van der Waals surface area contributed by atoms with Gasteiger partial charge in [0.25, 0.3) is 0 Å². The third kappa shape index (κ3) is 4.91. The van der Waals surface area contributed by atoms with Crippen LogP contribution in [0.15, 0.2) is 24.3 Å². The first kappa shape index (κ1) is 16.6. The second kappa shape index (κ2) is 8.03. The van der Waals surface area contributed by atoms with E-state index in [1.165, 1.54) is 18.2 Å². The maximum Gasteiger partial charge on any atom is 0.220 e. The van der Waals surface area contributed by atoms with Crippen LogP contribution in [-0.2, 0) is 4.79 Å². The normalized spacial score (nSPS) is 19.5. The topological polar surface area (TPSA) is 58.2 Å². The van der Waals surface area contributed by atoms with Gasteiger partial charge < -0.3 is 10.6 Å². The Hall–Kier alpha value is -1.75. The number of amides is 1. The molecule has 2 unspecified atom stereocenters. The zero-order valence-corrected chi connectivity index (χ0v) is 12.9. The van der Waals surface area contributed by atoms with Crippen molar-refractivity contribution in [3.63, 3.8) is 0 Å². The molecule has 5 heteroatoms. The molecule has 0 saturated carbocycles. The van der Waals surface area contributed by atoms with Crippen molar-refractivity contribution in [1.82, 2.24) is 10.6 Å². The Morgan fingerprint density at radius 1 is 1.45 bits per heavy atom. The molecule has 120 valence electrons. The molecule has 1 fully saturated rings. The largest absolute Gasteiger partial charge is 0.356 e. The van der Waals surface area contributed by atoms with Crippen LogP contribution in [0, 0.1) is 17.7 Å². The quantitative estimate of drug-likeness (QED) is 0.792. The summed E-state index contributed by atoms with van der Waals surface area (Å²) in [6.07, 6.45) is 2.38. The number of hydrogen-bond donors (Lipinski definition) is 2. The van der Waals surface area contributed by atoms with E-state index in [4.69, 9.17) is 0 Å². The summed E-state index contributed by atoms with van der Waals surface area (Å²) in [5.41, 5.74) is 0.316. The van der Waals surface area contributed by atoms with Crippen LogP contribution in [0.4, 0.5) is 4.39 Å². The highest BCUT2D eigenvalue weighted by Gasteiger charge is 2.20. The first-order valence-electron chi connectivity index (χ1n) is 7.83. The zero-order valence-electron chi connectivity index (χ0n) is 12.9. The van der Waals surface area contributed by atoms with Crippen LogP contribution in [0.25, 0.3) is 0 Å². The summed E-state index contributed by atoms with van der Waals surface area (Å²) >= 11 is 0. The molecule has 0 spiro atoms. The lowest BCUT2D eigenvalue weighted by Crippen LogP contribution is -2.38. The summed E-state index contributed by atoms with van der Waals surface area (Å²) in [5.74, 6) is -0.748. The number of benzene rings is 1. The molecule has 0 bridgehead atoms. The Labute approximate surface area is 130 Å². The van der Waals surface area contributed by atoms with Crippen molar-refractivity contribution in [2.75, 3.05) is 19.6 Å². The minimum Gasteiger partial charge on any atom is -0.356 e. The molecule has 2 N–H and O–H groups in total. The molecule has 1 aromatic rings. The first-order chi connectivity index (χ1) is 10.6. The van der Waals surface area contributed by atoms with E-state index >= 15 is 0 Å². The molecule has 1 aliphatic rings. The molecule has 2 atom stereocenters. The lowest BCUT2D eigenvalue weighted by molar-refractivity contribution is -0.121. The fourth-order valence-electron chi connectivity index (χ4n) is 2.73. The number of ketones is 1. The van der Waals surface area contributed by atoms with Crippen LogP contribution < -0.4 is 10.6 Å². The van der Waals surface area contributed by atoms with Crippen molar-refractivity contribution < 1.29 is 14.0 Å². The molecule has 1 aliphatic heterocycles. The first-order valence-corrected chi connectivity index (χ1v) is 7.83. The number of piperidine rings is 1. The molecule has 0 aromatic heterocycles. The van der Waals surface area contributed by atoms with Crippen LogP contribution >= 0.6 is 0 Å². The average molecular weight is 306 g/mol. The van der Waals surface area contributed by atoms with E-state index in [-0.39, 0.29) is 18.1 Å². The molecular weight excluding hydrogens is 283 g/mol. The second-order valence-electron chi connectivity index (χ2n) is 6.00. The highest BCUT2D eigenvalue weighted by molar-refractivity contribution is 5.99. The second-order valence-corrected chi connectivity index (χ2v) is 6.00. The van der Waals surface area contributed by atoms with Gasteiger partial charge in [0, 0.05) is 24.4 Å². The minimum absolute atomic E-state index is 0.122. The van der Waals surface area contributed by atoms with E-state index in [2.05, 4.69) is 10.6 Å². The van der Waals surface area contributed by atoms with Gasteiger partial charge >= 0.3 is 0 Å². The minimum atomic E-state index is -0.453. The van der Waals surface area contributed by atoms with Crippen LogP contribution in [0.1, 0.15) is 36.5 Å². The van der Waals surface area contributed by atoms with E-state index in [0.29, 0.717) is 18.0 Å². The molecule has 2 rings (SSSR count). The Balaban J connectivity index is 1.79. The predicted molar refractivity (Wildman–Crippen MR) is 83.1 cm³/mol. The maximum atomic E-state index is 13.1. The Morgan fingerprint density at radius 3 is 2.95 bits per heavy atom. The lowest BCUT2D eigenvalue weighted by atomic mass is 9.95. The third-order valence-electron chi connectivity index (χ3n) is 4.04. The summed E-state index contributed by atoms with van der Waals surface area (Å²) in [6, 6.07) is 5.59. The number of nitrogens with one attached hydrogen (secondary N) is 2. The third-order valence-corrected chi connectivity index (χ3v) is 4.04. The summed E-state index contributed by atoms with van der Waals surface area (Å²) in [4.78, 5) is 24.1. The summed E-state index contributed by atoms with van der Waals surface area (Å²) in [6.45, 7) is 4.32. The van der Waals surface area contributed by atoms with Gasteiger partial charge in [-0.3, -0.25) is 9.59 Å². The lowest BCUT2D eigenvalue weighted by Gasteiger charge is -2.23. The smallest absolute Gasteiger partial charge is 0.220 e. The van der Waals surface area contributed by atoms with E-state index in [9.17, 15) is 14.0 Å². The van der Waals surface area contributed by atoms with Gasteiger partial charge in [0.2, 0.25) is 5.91 Å². The maximum absolute atomic E-state index is 13.1. The number of rotatable bonds is 6. The van der Waals surface area contributed by atoms with Crippen molar-refractivity contribution in [3.8, 4) is 0 Å². The highest BCUT2D eigenvalue weighted by atomic mass is 19.1. The average Bonchev–Trinajstić information content (AvgIpc) is 2.53. The Kier molecular flexibility index (Phi) is 6.07. The molecule has 1 aromatic carbocycles. The Bertz CT molecular complexity index is 527. The molecule has 22 heavy (non-hydrogen) atoms. The van der Waals surface area contributed by atoms with Gasteiger partial charge in [-0.25, -0.2) is 4.39 Å².